The van der Waals surface area contributed by atoms with Crippen molar-refractivity contribution >= 4 is 5.84 Å². The predicted molar refractivity (Wildman–Crippen MR) is 32.6 cm³/mol. The summed E-state index contributed by atoms with van der Waals surface area (Å²) >= 11 is 0. The average Bonchev–Trinajstić information content (AvgIpc) is 1.83. The van der Waals surface area contributed by atoms with Crippen LogP contribution in [0.4, 0.5) is 0 Å². The third-order valence-electron chi connectivity index (χ3n) is 0.897. The third kappa shape index (κ3) is 2.58. The van der Waals surface area contributed by atoms with Crippen molar-refractivity contribution in [2.24, 2.45) is 4.99 Å². The van der Waals surface area contributed by atoms with E-state index in [0.29, 0.717) is 6.42 Å². The fourth-order valence-corrected chi connectivity index (χ4v) is 0.445. The first kappa shape index (κ1) is 7.43. The first-order valence-electron chi connectivity index (χ1n) is 2.56. The molecular weight excluding hydrogens is 104 g/mol. The van der Waals surface area contributed by atoms with Crippen LogP contribution in [0.1, 0.15) is 6.42 Å². The van der Waals surface area contributed by atoms with Gasteiger partial charge in [-0.05, 0) is 0 Å². The van der Waals surface area contributed by atoms with Gasteiger partial charge in [0.1, 0.15) is 0 Å². The van der Waals surface area contributed by atoms with E-state index in [0.717, 1.165) is 5.84 Å². The summed E-state index contributed by atoms with van der Waals surface area (Å²) in [5, 5.41) is 12.7. The fraction of sp³-hybridized carbons (Fsp3) is 0.800. The molecule has 0 aromatic heterocycles. The van der Waals surface area contributed by atoms with Crippen LogP contribution in [0.15, 0.2) is 4.99 Å². The first-order valence-corrected chi connectivity index (χ1v) is 2.56. The fourth-order valence-electron chi connectivity index (χ4n) is 0.445. The molecule has 0 aliphatic rings. The maximum Gasteiger partial charge on any atom is 0.0981 e. The summed E-state index contributed by atoms with van der Waals surface area (Å²) < 4.78 is 0. The Balaban J connectivity index is 3.38. The Labute approximate surface area is 49.4 Å². The summed E-state index contributed by atoms with van der Waals surface area (Å²) in [6.45, 7) is -0.0898. The standard InChI is InChI=1S/C5H11N2O/c1-6-5(7-2)3-4-8/h3-4H2,1-2H3,(H,6,7). The molecule has 0 spiro atoms. The van der Waals surface area contributed by atoms with Crippen molar-refractivity contribution in [2.75, 3.05) is 20.7 Å². The van der Waals surface area contributed by atoms with Crippen LogP contribution in [-0.4, -0.2) is 26.5 Å². The van der Waals surface area contributed by atoms with Crippen LogP contribution in [0.2, 0.25) is 0 Å². The van der Waals surface area contributed by atoms with Gasteiger partial charge in [-0.2, -0.15) is 0 Å². The van der Waals surface area contributed by atoms with E-state index in [1.165, 1.54) is 0 Å². The van der Waals surface area contributed by atoms with E-state index in [1.807, 2.05) is 0 Å². The Hall–Kier alpha value is -0.570. The van der Waals surface area contributed by atoms with Crippen molar-refractivity contribution in [3.8, 4) is 0 Å². The van der Waals surface area contributed by atoms with Crippen LogP contribution in [0.25, 0.3) is 0 Å². The van der Waals surface area contributed by atoms with Crippen LogP contribution >= 0.6 is 0 Å². The van der Waals surface area contributed by atoms with Crippen molar-refractivity contribution in [1.82, 2.24) is 5.32 Å². The van der Waals surface area contributed by atoms with Crippen LogP contribution in [0, 0.1) is 0 Å². The number of nitrogens with zero attached hydrogens (tertiary/aromatic N) is 1. The molecule has 1 N–H and O–H groups in total. The van der Waals surface area contributed by atoms with Crippen LogP contribution in [0.3, 0.4) is 0 Å². The average molecular weight is 115 g/mol. The zero-order chi connectivity index (χ0) is 6.41. The highest BCUT2D eigenvalue weighted by Crippen LogP contribution is 1.77. The van der Waals surface area contributed by atoms with Gasteiger partial charge < -0.3 is 5.32 Å². The Morgan fingerprint density at radius 3 is 2.50 bits per heavy atom. The highest BCUT2D eigenvalue weighted by molar-refractivity contribution is 5.81. The second-order valence-corrected chi connectivity index (χ2v) is 1.37. The SMILES string of the molecule is CN=C(CC[O])NC. The lowest BCUT2D eigenvalue weighted by molar-refractivity contribution is 0.202. The first-order chi connectivity index (χ1) is 3.85. The molecule has 0 aromatic carbocycles. The molecule has 0 fully saturated rings. The maximum absolute atomic E-state index is 9.94. The van der Waals surface area contributed by atoms with Gasteiger partial charge in [-0.3, -0.25) is 4.99 Å². The molecule has 0 saturated carbocycles. The minimum atomic E-state index is -0.0898. The van der Waals surface area contributed by atoms with E-state index < -0.39 is 0 Å². The van der Waals surface area contributed by atoms with Crippen molar-refractivity contribution in [1.29, 1.82) is 0 Å². The Morgan fingerprint density at radius 1 is 1.75 bits per heavy atom. The summed E-state index contributed by atoms with van der Waals surface area (Å²) in [5.74, 6) is 0.778. The molecule has 0 aliphatic carbocycles. The lowest BCUT2D eigenvalue weighted by atomic mass is 10.4. The molecule has 0 atom stereocenters. The predicted octanol–water partition coefficient (Wildman–Crippen LogP) is 0.0547. The lowest BCUT2D eigenvalue weighted by Crippen LogP contribution is -2.18. The summed E-state index contributed by atoms with van der Waals surface area (Å²) in [4.78, 5) is 3.80. The summed E-state index contributed by atoms with van der Waals surface area (Å²) in [6.07, 6.45) is 0.507. The Bertz CT molecular complexity index is 80.5. The van der Waals surface area contributed by atoms with Gasteiger partial charge >= 0.3 is 0 Å². The molecule has 0 rings (SSSR count). The number of amidine groups is 1. The van der Waals surface area contributed by atoms with E-state index in [1.54, 1.807) is 14.1 Å². The number of hydrogen-bond donors (Lipinski definition) is 1. The van der Waals surface area contributed by atoms with Crippen LogP contribution in [0.5, 0.6) is 0 Å². The number of hydrogen-bond acceptors (Lipinski definition) is 1. The van der Waals surface area contributed by atoms with E-state index >= 15 is 0 Å². The van der Waals surface area contributed by atoms with Crippen molar-refractivity contribution in [3.63, 3.8) is 0 Å². The largest absolute Gasteiger partial charge is 0.377 e. The van der Waals surface area contributed by atoms with E-state index in [-0.39, 0.29) is 6.61 Å². The van der Waals surface area contributed by atoms with Crippen molar-refractivity contribution in [2.45, 2.75) is 6.42 Å². The molecule has 3 nitrogen and oxygen atoms in total. The third-order valence-corrected chi connectivity index (χ3v) is 0.897. The topological polar surface area (TPSA) is 44.3 Å². The van der Waals surface area contributed by atoms with E-state index in [9.17, 15) is 5.11 Å². The molecule has 0 heterocycles. The van der Waals surface area contributed by atoms with Crippen molar-refractivity contribution in [3.05, 3.63) is 0 Å². The van der Waals surface area contributed by atoms with Crippen LogP contribution in [-0.2, 0) is 5.11 Å². The minimum Gasteiger partial charge on any atom is -0.377 e. The van der Waals surface area contributed by atoms with Gasteiger partial charge in [-0.1, -0.05) is 0 Å². The minimum absolute atomic E-state index is 0.0898. The number of aliphatic imine (C=N–C) groups is 1. The van der Waals surface area contributed by atoms with E-state index in [2.05, 4.69) is 10.3 Å². The second kappa shape index (κ2) is 4.59. The molecular formula is C5H11N2O. The lowest BCUT2D eigenvalue weighted by Gasteiger charge is -1.98. The molecule has 0 bridgehead atoms. The quantitative estimate of drug-likeness (QED) is 0.401. The number of rotatable bonds is 2. The van der Waals surface area contributed by atoms with Gasteiger partial charge in [0.2, 0.25) is 0 Å². The van der Waals surface area contributed by atoms with Gasteiger partial charge in [-0.25, -0.2) is 5.11 Å². The zero-order valence-corrected chi connectivity index (χ0v) is 5.27. The molecule has 47 valence electrons. The van der Waals surface area contributed by atoms with Gasteiger partial charge in [0.15, 0.2) is 0 Å². The van der Waals surface area contributed by atoms with Gasteiger partial charge in [-0.15, -0.1) is 0 Å². The summed E-state index contributed by atoms with van der Waals surface area (Å²) in [7, 11) is 3.43. The van der Waals surface area contributed by atoms with Gasteiger partial charge in [0.05, 0.1) is 12.4 Å². The molecule has 0 saturated heterocycles. The zero-order valence-electron chi connectivity index (χ0n) is 5.27. The normalized spacial score (nSPS) is 11.6. The molecule has 0 unspecified atom stereocenters. The van der Waals surface area contributed by atoms with Gasteiger partial charge in [0.25, 0.3) is 0 Å². The molecule has 1 radical (unpaired) electrons. The molecule has 0 aromatic rings. The molecule has 0 aliphatic heterocycles. The smallest absolute Gasteiger partial charge is 0.0981 e. The number of nitrogens with one attached hydrogen (secondary N) is 1. The van der Waals surface area contributed by atoms with Crippen molar-refractivity contribution < 1.29 is 5.11 Å². The van der Waals surface area contributed by atoms with E-state index in [4.69, 9.17) is 0 Å². The summed E-state index contributed by atoms with van der Waals surface area (Å²) in [5.41, 5.74) is 0. The monoisotopic (exact) mass is 115 g/mol. The Kier molecular flexibility index (Phi) is 4.26. The molecule has 0 amide bonds. The highest BCUT2D eigenvalue weighted by Gasteiger charge is 1.89. The molecule has 8 heavy (non-hydrogen) atoms. The highest BCUT2D eigenvalue weighted by atomic mass is 16.3. The molecule has 3 heteroatoms. The maximum atomic E-state index is 9.94. The summed E-state index contributed by atoms with van der Waals surface area (Å²) in [6, 6.07) is 0. The van der Waals surface area contributed by atoms with Crippen LogP contribution < -0.4 is 5.32 Å². The Morgan fingerprint density at radius 2 is 2.38 bits per heavy atom. The second-order valence-electron chi connectivity index (χ2n) is 1.37. The van der Waals surface area contributed by atoms with Gasteiger partial charge in [0, 0.05) is 20.5 Å².